The van der Waals surface area contributed by atoms with Crippen molar-refractivity contribution in [2.24, 2.45) is 0 Å². The number of halogens is 3. The van der Waals surface area contributed by atoms with Gasteiger partial charge in [-0.15, -0.1) is 0 Å². The van der Waals surface area contributed by atoms with Crippen molar-refractivity contribution in [2.45, 2.75) is 51.4 Å². The van der Waals surface area contributed by atoms with E-state index in [4.69, 9.17) is 4.74 Å². The maximum atomic E-state index is 13.3. The van der Waals surface area contributed by atoms with Crippen molar-refractivity contribution in [3.8, 4) is 5.75 Å². The Morgan fingerprint density at radius 1 is 1.24 bits per heavy atom. The molecule has 2 aromatic carbocycles. The molecule has 0 spiro atoms. The van der Waals surface area contributed by atoms with Gasteiger partial charge < -0.3 is 15.4 Å². The first-order valence-electron chi connectivity index (χ1n) is 11.1. The van der Waals surface area contributed by atoms with Crippen LogP contribution in [0.25, 0.3) is 5.57 Å². The number of amides is 3. The van der Waals surface area contributed by atoms with Gasteiger partial charge in [-0.05, 0) is 42.7 Å². The first-order valence-corrected chi connectivity index (χ1v) is 11.1. The van der Waals surface area contributed by atoms with Crippen LogP contribution in [0.15, 0.2) is 42.5 Å². The van der Waals surface area contributed by atoms with Gasteiger partial charge in [0, 0.05) is 42.9 Å². The Kier molecular flexibility index (Phi) is 6.05. The summed E-state index contributed by atoms with van der Waals surface area (Å²) >= 11 is 0. The Morgan fingerprint density at radius 2 is 1.97 bits per heavy atom. The van der Waals surface area contributed by atoms with Crippen molar-refractivity contribution < 1.29 is 27.5 Å². The number of nitrogens with zero attached hydrogens (tertiary/aromatic N) is 1. The van der Waals surface area contributed by atoms with E-state index < -0.39 is 23.2 Å². The SMILES string of the molecule is CCC1(CC)CC(=CC(=O)Nc2cccc3c2CNC(=O)N3C)c2ccc(C(F)(F)F)cc2O1. The molecule has 2 aromatic rings. The number of hydrogen-bond acceptors (Lipinski definition) is 3. The van der Waals surface area contributed by atoms with E-state index in [1.165, 1.54) is 17.0 Å². The van der Waals surface area contributed by atoms with Crippen LogP contribution in [-0.2, 0) is 17.5 Å². The van der Waals surface area contributed by atoms with Crippen LogP contribution in [0.5, 0.6) is 5.75 Å². The zero-order valence-electron chi connectivity index (χ0n) is 19.2. The average Bonchev–Trinajstić information content (AvgIpc) is 2.80. The molecule has 2 aliphatic heterocycles. The fourth-order valence-electron chi connectivity index (χ4n) is 4.44. The molecule has 0 unspecified atom stereocenters. The zero-order chi connectivity index (χ0) is 24.7. The molecule has 34 heavy (non-hydrogen) atoms. The molecule has 0 saturated heterocycles. The standard InChI is InChI=1S/C25H26F3N3O3/c1-4-24(5-2)13-15(17-10-9-16(25(26,27)28)12-21(17)34-24)11-22(32)30-19-7-6-8-20-18(19)14-29-23(33)31(20)3/h6-12H,4-5,13-14H2,1-3H3,(H,29,33)(H,30,32). The van der Waals surface area contributed by atoms with Crippen LogP contribution >= 0.6 is 0 Å². The van der Waals surface area contributed by atoms with Crippen molar-refractivity contribution in [1.82, 2.24) is 5.32 Å². The second kappa shape index (κ2) is 8.70. The summed E-state index contributed by atoms with van der Waals surface area (Å²) in [5.74, 6) is -0.276. The normalized spacial score (nSPS) is 18.0. The third-order valence-corrected chi connectivity index (χ3v) is 6.58. The lowest BCUT2D eigenvalue weighted by Gasteiger charge is -2.39. The third-order valence-electron chi connectivity index (χ3n) is 6.58. The van der Waals surface area contributed by atoms with E-state index in [1.54, 1.807) is 25.2 Å². The number of carbonyl (C=O) groups is 2. The molecule has 0 bridgehead atoms. The largest absolute Gasteiger partial charge is 0.486 e. The maximum Gasteiger partial charge on any atom is 0.416 e. The molecule has 0 aliphatic carbocycles. The van der Waals surface area contributed by atoms with Gasteiger partial charge in [0.2, 0.25) is 5.91 Å². The van der Waals surface area contributed by atoms with Crippen LogP contribution in [0, 0.1) is 0 Å². The number of fused-ring (bicyclic) bond motifs is 2. The van der Waals surface area contributed by atoms with Gasteiger partial charge in [0.1, 0.15) is 11.4 Å². The number of ether oxygens (including phenoxy) is 1. The van der Waals surface area contributed by atoms with E-state index in [0.29, 0.717) is 41.8 Å². The van der Waals surface area contributed by atoms with Gasteiger partial charge in [0.15, 0.2) is 0 Å². The van der Waals surface area contributed by atoms with Gasteiger partial charge in [0.05, 0.1) is 11.3 Å². The van der Waals surface area contributed by atoms with E-state index >= 15 is 0 Å². The molecule has 0 radical (unpaired) electrons. The Labute approximate surface area is 195 Å². The van der Waals surface area contributed by atoms with Gasteiger partial charge in [-0.25, -0.2) is 4.79 Å². The Balaban J connectivity index is 1.69. The Hall–Kier alpha value is -3.49. The molecule has 4 rings (SSSR count). The summed E-state index contributed by atoms with van der Waals surface area (Å²) in [6.07, 6.45) is -1.50. The van der Waals surface area contributed by atoms with Crippen molar-refractivity contribution in [1.29, 1.82) is 0 Å². The molecule has 3 amide bonds. The molecular weight excluding hydrogens is 447 g/mol. The van der Waals surface area contributed by atoms with Crippen LogP contribution < -0.4 is 20.3 Å². The number of urea groups is 1. The summed E-state index contributed by atoms with van der Waals surface area (Å²) in [5.41, 5.74) is 1.64. The molecule has 0 fully saturated rings. The van der Waals surface area contributed by atoms with E-state index in [0.717, 1.165) is 17.7 Å². The van der Waals surface area contributed by atoms with Gasteiger partial charge in [-0.2, -0.15) is 13.2 Å². The van der Waals surface area contributed by atoms with Crippen molar-refractivity contribution in [2.75, 3.05) is 17.3 Å². The van der Waals surface area contributed by atoms with E-state index in [9.17, 15) is 22.8 Å². The maximum absolute atomic E-state index is 13.3. The molecule has 2 aliphatic rings. The molecule has 2 heterocycles. The van der Waals surface area contributed by atoms with Crippen LogP contribution in [-0.4, -0.2) is 24.6 Å². The predicted octanol–water partition coefficient (Wildman–Crippen LogP) is 5.73. The Morgan fingerprint density at radius 3 is 2.65 bits per heavy atom. The Bertz CT molecular complexity index is 1170. The lowest BCUT2D eigenvalue weighted by molar-refractivity contribution is -0.137. The van der Waals surface area contributed by atoms with Crippen LogP contribution in [0.1, 0.15) is 49.8 Å². The fraction of sp³-hybridized carbons (Fsp3) is 0.360. The lowest BCUT2D eigenvalue weighted by Crippen LogP contribution is -2.41. The van der Waals surface area contributed by atoms with E-state index in [1.807, 2.05) is 13.8 Å². The number of rotatable bonds is 4. The van der Waals surface area contributed by atoms with Gasteiger partial charge >= 0.3 is 12.2 Å². The fourth-order valence-corrected chi connectivity index (χ4v) is 4.44. The summed E-state index contributed by atoms with van der Waals surface area (Å²) in [4.78, 5) is 26.4. The number of anilines is 2. The zero-order valence-corrected chi connectivity index (χ0v) is 19.2. The molecule has 180 valence electrons. The molecule has 0 saturated carbocycles. The number of nitrogens with one attached hydrogen (secondary N) is 2. The minimum Gasteiger partial charge on any atom is -0.486 e. The second-order valence-corrected chi connectivity index (χ2v) is 8.56. The highest BCUT2D eigenvalue weighted by atomic mass is 19.4. The number of carbonyl (C=O) groups excluding carboxylic acids is 2. The average molecular weight is 473 g/mol. The first kappa shape index (κ1) is 23.7. The van der Waals surface area contributed by atoms with E-state index in [-0.39, 0.29) is 18.3 Å². The molecular formula is C25H26F3N3O3. The number of alkyl halides is 3. The van der Waals surface area contributed by atoms with Crippen LogP contribution in [0.4, 0.5) is 29.3 Å². The van der Waals surface area contributed by atoms with Gasteiger partial charge in [0.25, 0.3) is 0 Å². The summed E-state index contributed by atoms with van der Waals surface area (Å²) in [6.45, 7) is 4.11. The minimum absolute atomic E-state index is 0.130. The van der Waals surface area contributed by atoms with Crippen LogP contribution in [0.2, 0.25) is 0 Å². The third kappa shape index (κ3) is 4.34. The van der Waals surface area contributed by atoms with Gasteiger partial charge in [-0.1, -0.05) is 26.0 Å². The molecule has 6 nitrogen and oxygen atoms in total. The van der Waals surface area contributed by atoms with Gasteiger partial charge in [-0.3, -0.25) is 9.69 Å². The highest BCUT2D eigenvalue weighted by Crippen LogP contribution is 2.45. The predicted molar refractivity (Wildman–Crippen MR) is 124 cm³/mol. The first-order chi connectivity index (χ1) is 16.1. The van der Waals surface area contributed by atoms with Crippen molar-refractivity contribution in [3.05, 3.63) is 59.2 Å². The lowest BCUT2D eigenvalue weighted by atomic mass is 9.83. The molecule has 2 N–H and O–H groups in total. The van der Waals surface area contributed by atoms with Crippen LogP contribution in [0.3, 0.4) is 0 Å². The summed E-state index contributed by atoms with van der Waals surface area (Å²) < 4.78 is 45.9. The highest BCUT2D eigenvalue weighted by molar-refractivity contribution is 6.06. The second-order valence-electron chi connectivity index (χ2n) is 8.56. The van der Waals surface area contributed by atoms with E-state index in [2.05, 4.69) is 10.6 Å². The van der Waals surface area contributed by atoms with Crippen molar-refractivity contribution in [3.63, 3.8) is 0 Å². The smallest absolute Gasteiger partial charge is 0.416 e. The number of benzene rings is 2. The minimum atomic E-state index is -4.49. The number of hydrogen-bond donors (Lipinski definition) is 2. The summed E-state index contributed by atoms with van der Waals surface area (Å²) in [7, 11) is 1.64. The summed E-state index contributed by atoms with van der Waals surface area (Å²) in [5, 5.41) is 5.62. The highest BCUT2D eigenvalue weighted by Gasteiger charge is 2.38. The topological polar surface area (TPSA) is 70.7 Å². The monoisotopic (exact) mass is 473 g/mol. The molecule has 9 heteroatoms. The molecule has 0 atom stereocenters. The van der Waals surface area contributed by atoms with Crippen molar-refractivity contribution >= 4 is 28.9 Å². The molecule has 0 aromatic heterocycles. The summed E-state index contributed by atoms with van der Waals surface area (Å²) in [6, 6.07) is 8.44. The quantitative estimate of drug-likeness (QED) is 0.558.